The van der Waals surface area contributed by atoms with E-state index >= 15 is 0 Å². The minimum Gasteiger partial charge on any atom is -0.497 e. The molecule has 0 saturated heterocycles. The van der Waals surface area contributed by atoms with Crippen molar-refractivity contribution in [3.63, 3.8) is 0 Å². The lowest BCUT2D eigenvalue weighted by atomic mass is 10.2. The summed E-state index contributed by atoms with van der Waals surface area (Å²) in [5.41, 5.74) is 1.82. The molecule has 18 heavy (non-hydrogen) atoms. The number of aryl methyl sites for hydroxylation is 1. The quantitative estimate of drug-likeness (QED) is 0.605. The Labute approximate surface area is 102 Å². The smallest absolute Gasteiger partial charge is 0.384 e. The van der Waals surface area contributed by atoms with Gasteiger partial charge in [-0.05, 0) is 18.2 Å². The molecule has 1 aromatic carbocycles. The topological polar surface area (TPSA) is 87.2 Å². The van der Waals surface area contributed by atoms with Gasteiger partial charge in [-0.15, -0.1) is 0 Å². The summed E-state index contributed by atoms with van der Waals surface area (Å²) >= 11 is 0. The van der Waals surface area contributed by atoms with Gasteiger partial charge in [-0.2, -0.15) is 0 Å². The van der Waals surface area contributed by atoms with Crippen molar-refractivity contribution in [2.24, 2.45) is 0 Å². The van der Waals surface area contributed by atoms with Crippen LogP contribution >= 0.6 is 0 Å². The van der Waals surface area contributed by atoms with Crippen molar-refractivity contribution in [2.45, 2.75) is 6.92 Å². The Morgan fingerprint density at radius 2 is 2.22 bits per heavy atom. The minimum atomic E-state index is -0.253. The molecule has 2 heterocycles. The van der Waals surface area contributed by atoms with Gasteiger partial charge in [0.15, 0.2) is 11.0 Å². The molecule has 2 aromatic heterocycles. The Bertz CT molecular complexity index is 816. The monoisotopic (exact) mass is 245 g/mol. The van der Waals surface area contributed by atoms with Crippen molar-refractivity contribution < 1.29 is 9.72 Å². The summed E-state index contributed by atoms with van der Waals surface area (Å²) in [6.45, 7) is 1.75. The molecule has 4 N–H and O–H groups in total. The summed E-state index contributed by atoms with van der Waals surface area (Å²) in [6, 6.07) is 5.59. The van der Waals surface area contributed by atoms with E-state index in [1.807, 2.05) is 18.2 Å². The highest BCUT2D eigenvalue weighted by atomic mass is 16.5. The van der Waals surface area contributed by atoms with Crippen LogP contribution in [0.4, 0.5) is 0 Å². The normalized spacial score (nSPS) is 11.2. The van der Waals surface area contributed by atoms with Crippen LogP contribution < -0.4 is 21.1 Å². The van der Waals surface area contributed by atoms with Crippen LogP contribution in [0.3, 0.4) is 0 Å². The van der Waals surface area contributed by atoms with Gasteiger partial charge in [0.25, 0.3) is 5.82 Å². The number of hydrogen-bond acceptors (Lipinski definition) is 3. The first-order valence-electron chi connectivity index (χ1n) is 5.51. The van der Waals surface area contributed by atoms with Crippen LogP contribution in [-0.2, 0) is 0 Å². The first kappa shape index (κ1) is 10.6. The molecule has 0 fully saturated rings. The van der Waals surface area contributed by atoms with E-state index in [1.165, 1.54) is 0 Å². The summed E-state index contributed by atoms with van der Waals surface area (Å²) in [4.78, 5) is 18.2. The van der Waals surface area contributed by atoms with Gasteiger partial charge in [-0.3, -0.25) is 5.84 Å². The maximum Gasteiger partial charge on any atom is 0.384 e. The predicted molar refractivity (Wildman–Crippen MR) is 68.1 cm³/mol. The van der Waals surface area contributed by atoms with Gasteiger partial charge in [-0.1, -0.05) is 4.68 Å². The lowest BCUT2D eigenvalue weighted by Gasteiger charge is -1.98. The molecule has 0 saturated carbocycles. The number of nitrogens with zero attached hydrogens (tertiary/aromatic N) is 1. The van der Waals surface area contributed by atoms with Crippen LogP contribution in [0.15, 0.2) is 23.0 Å². The molecular formula is C12H13N4O2+. The SMILES string of the molecule is COc1ccc2[nH]c3c(=O)n(N)c(C)[nH+]c3c2c1. The number of aromatic nitrogens is 3. The number of H-pyrrole nitrogens is 2. The van der Waals surface area contributed by atoms with Gasteiger partial charge in [0.05, 0.1) is 18.0 Å². The molecule has 92 valence electrons. The minimum absolute atomic E-state index is 0.253. The summed E-state index contributed by atoms with van der Waals surface area (Å²) < 4.78 is 6.28. The number of fused-ring (bicyclic) bond motifs is 3. The second-order valence-electron chi connectivity index (χ2n) is 4.17. The molecule has 0 aliphatic carbocycles. The Hall–Kier alpha value is -2.50. The number of methoxy groups -OCH3 is 1. The van der Waals surface area contributed by atoms with E-state index in [0.717, 1.165) is 26.8 Å². The zero-order valence-corrected chi connectivity index (χ0v) is 10.1. The zero-order chi connectivity index (χ0) is 12.9. The highest BCUT2D eigenvalue weighted by molar-refractivity contribution is 6.03. The molecule has 0 aliphatic rings. The van der Waals surface area contributed by atoms with Gasteiger partial charge < -0.3 is 9.72 Å². The third-order valence-electron chi connectivity index (χ3n) is 3.11. The highest BCUT2D eigenvalue weighted by Crippen LogP contribution is 2.24. The summed E-state index contributed by atoms with van der Waals surface area (Å²) in [7, 11) is 1.61. The fraction of sp³-hybridized carbons (Fsp3) is 0.167. The van der Waals surface area contributed by atoms with Crippen molar-refractivity contribution in [1.29, 1.82) is 0 Å². The third kappa shape index (κ3) is 1.29. The van der Waals surface area contributed by atoms with Crippen molar-refractivity contribution >= 4 is 21.9 Å². The third-order valence-corrected chi connectivity index (χ3v) is 3.11. The molecule has 0 atom stereocenters. The van der Waals surface area contributed by atoms with Crippen LogP contribution in [0, 0.1) is 6.92 Å². The number of aromatic amines is 2. The predicted octanol–water partition coefficient (Wildman–Crippen LogP) is 0.328. The largest absolute Gasteiger partial charge is 0.497 e. The van der Waals surface area contributed by atoms with E-state index in [-0.39, 0.29) is 5.56 Å². The fourth-order valence-electron chi connectivity index (χ4n) is 2.10. The molecule has 6 heteroatoms. The van der Waals surface area contributed by atoms with Crippen molar-refractivity contribution in [3.05, 3.63) is 34.4 Å². The van der Waals surface area contributed by atoms with Crippen LogP contribution in [-0.4, -0.2) is 16.8 Å². The molecule has 0 spiro atoms. The number of benzene rings is 1. The molecule has 3 aromatic rings. The lowest BCUT2D eigenvalue weighted by Crippen LogP contribution is -2.35. The average molecular weight is 245 g/mol. The number of rotatable bonds is 1. The van der Waals surface area contributed by atoms with Gasteiger partial charge in [0.1, 0.15) is 5.75 Å². The average Bonchev–Trinajstić information content (AvgIpc) is 2.74. The van der Waals surface area contributed by atoms with E-state index in [2.05, 4.69) is 9.97 Å². The number of ether oxygens (including phenoxy) is 1. The molecule has 0 radical (unpaired) electrons. The van der Waals surface area contributed by atoms with Crippen molar-refractivity contribution in [3.8, 4) is 5.75 Å². The van der Waals surface area contributed by atoms with E-state index in [0.29, 0.717) is 11.3 Å². The Morgan fingerprint density at radius 1 is 1.44 bits per heavy atom. The molecule has 0 unspecified atom stereocenters. The summed E-state index contributed by atoms with van der Waals surface area (Å²) in [5.74, 6) is 6.99. The summed E-state index contributed by atoms with van der Waals surface area (Å²) in [6.07, 6.45) is 0. The van der Waals surface area contributed by atoms with Gasteiger partial charge in [0, 0.05) is 6.92 Å². The first-order chi connectivity index (χ1) is 8.61. The molecule has 0 bridgehead atoms. The molecule has 0 amide bonds. The second kappa shape index (κ2) is 3.49. The second-order valence-corrected chi connectivity index (χ2v) is 4.17. The Morgan fingerprint density at radius 3 is 2.94 bits per heavy atom. The number of nitrogen functional groups attached to an aromatic ring is 1. The number of nitrogens with one attached hydrogen (secondary N) is 2. The van der Waals surface area contributed by atoms with Crippen LogP contribution in [0.2, 0.25) is 0 Å². The standard InChI is InChI=1S/C12H12N4O2/c1-6-14-10-8-5-7(18-2)3-4-9(8)15-11(10)12(17)16(6)13/h3-5,15H,13H2,1-2H3/p+1. The molecular weight excluding hydrogens is 232 g/mol. The van der Waals surface area contributed by atoms with E-state index in [1.54, 1.807) is 14.0 Å². The maximum absolute atomic E-state index is 12.0. The van der Waals surface area contributed by atoms with Gasteiger partial charge >= 0.3 is 5.56 Å². The lowest BCUT2D eigenvalue weighted by molar-refractivity contribution is -0.361. The van der Waals surface area contributed by atoms with Crippen LogP contribution in [0.1, 0.15) is 5.82 Å². The molecule has 6 nitrogen and oxygen atoms in total. The molecule has 3 rings (SSSR count). The first-order valence-corrected chi connectivity index (χ1v) is 5.51. The summed E-state index contributed by atoms with van der Waals surface area (Å²) in [5, 5.41) is 0.908. The van der Waals surface area contributed by atoms with Gasteiger partial charge in [-0.25, -0.2) is 9.78 Å². The van der Waals surface area contributed by atoms with E-state index in [9.17, 15) is 4.79 Å². The van der Waals surface area contributed by atoms with E-state index in [4.69, 9.17) is 10.6 Å². The van der Waals surface area contributed by atoms with Crippen molar-refractivity contribution in [2.75, 3.05) is 13.0 Å². The van der Waals surface area contributed by atoms with Crippen molar-refractivity contribution in [1.82, 2.24) is 9.66 Å². The molecule has 0 aliphatic heterocycles. The fourth-order valence-corrected chi connectivity index (χ4v) is 2.10. The number of nitrogens with two attached hydrogens (primary N) is 1. The van der Waals surface area contributed by atoms with Gasteiger partial charge in [0.2, 0.25) is 0 Å². The highest BCUT2D eigenvalue weighted by Gasteiger charge is 2.17. The van der Waals surface area contributed by atoms with Crippen LogP contribution in [0.5, 0.6) is 5.75 Å². The number of hydrogen-bond donors (Lipinski definition) is 2. The van der Waals surface area contributed by atoms with Crippen LogP contribution in [0.25, 0.3) is 21.9 Å². The maximum atomic E-state index is 12.0. The Balaban J connectivity index is 2.53. The Kier molecular flexibility index (Phi) is 2.07. The zero-order valence-electron chi connectivity index (χ0n) is 10.1. The van der Waals surface area contributed by atoms with E-state index < -0.39 is 0 Å².